The zero-order chi connectivity index (χ0) is 25.2. The molecule has 4 rings (SSSR count). The zero-order valence-electron chi connectivity index (χ0n) is 19.2. The molecule has 0 atom stereocenters. The van der Waals surface area contributed by atoms with Gasteiger partial charge in [0.2, 0.25) is 0 Å². The van der Waals surface area contributed by atoms with E-state index in [9.17, 15) is 18.0 Å². The number of hydrogen-bond donors (Lipinski definition) is 2. The lowest BCUT2D eigenvalue weighted by Gasteiger charge is -2.28. The Morgan fingerprint density at radius 2 is 1.74 bits per heavy atom. The zero-order valence-corrected chi connectivity index (χ0v) is 20.7. The van der Waals surface area contributed by atoms with E-state index in [1.54, 1.807) is 67.6 Å². The van der Waals surface area contributed by atoms with E-state index in [0.29, 0.717) is 45.4 Å². The maximum absolute atomic E-state index is 13.0. The van der Waals surface area contributed by atoms with Crippen LogP contribution in [0.2, 0.25) is 5.02 Å². The Hall–Kier alpha value is -3.40. The van der Waals surface area contributed by atoms with Gasteiger partial charge in [-0.1, -0.05) is 23.7 Å². The van der Waals surface area contributed by atoms with Gasteiger partial charge in [0.25, 0.3) is 21.8 Å². The summed E-state index contributed by atoms with van der Waals surface area (Å²) in [6.07, 6.45) is 0. The first-order valence-corrected chi connectivity index (χ1v) is 12.8. The summed E-state index contributed by atoms with van der Waals surface area (Å²) in [7, 11) is -3.55. The molecule has 1 aliphatic heterocycles. The summed E-state index contributed by atoms with van der Waals surface area (Å²) in [5.41, 5.74) is 3.82. The van der Waals surface area contributed by atoms with Gasteiger partial charge in [0.1, 0.15) is 0 Å². The van der Waals surface area contributed by atoms with Gasteiger partial charge in [-0.15, -0.1) is 0 Å². The molecule has 1 fully saturated rings. The molecule has 0 spiro atoms. The van der Waals surface area contributed by atoms with Crippen molar-refractivity contribution in [1.29, 1.82) is 0 Å². The van der Waals surface area contributed by atoms with Crippen molar-refractivity contribution in [2.75, 3.05) is 34.0 Å². The summed E-state index contributed by atoms with van der Waals surface area (Å²) in [4.78, 5) is 25.6. The summed E-state index contributed by atoms with van der Waals surface area (Å²) in [5, 5.41) is 6.15. The first-order valence-electron chi connectivity index (χ1n) is 10.8. The van der Waals surface area contributed by atoms with Gasteiger partial charge in [-0.2, -0.15) is 0 Å². The molecule has 10 heteroatoms. The minimum atomic E-state index is -3.55. The van der Waals surface area contributed by atoms with Crippen molar-refractivity contribution >= 4 is 50.5 Å². The summed E-state index contributed by atoms with van der Waals surface area (Å²) in [5.74, 6) is -1.03. The molecule has 0 unspecified atom stereocenters. The Balaban J connectivity index is 1.50. The van der Waals surface area contributed by atoms with Crippen LogP contribution in [0.4, 0.5) is 17.1 Å². The predicted molar refractivity (Wildman–Crippen MR) is 137 cm³/mol. The van der Waals surface area contributed by atoms with Gasteiger partial charge < -0.3 is 15.4 Å². The Kier molecular flexibility index (Phi) is 7.11. The van der Waals surface area contributed by atoms with Crippen molar-refractivity contribution in [3.63, 3.8) is 0 Å². The summed E-state index contributed by atoms with van der Waals surface area (Å²) >= 11 is 5.98. The summed E-state index contributed by atoms with van der Waals surface area (Å²) in [6, 6.07) is 16.7. The lowest BCUT2D eigenvalue weighted by molar-refractivity contribution is 0.101. The number of aryl methyl sites for hydroxylation is 2. The first kappa shape index (κ1) is 24.7. The van der Waals surface area contributed by atoms with Gasteiger partial charge in [-0.3, -0.25) is 13.9 Å². The highest BCUT2D eigenvalue weighted by atomic mass is 35.5. The Labute approximate surface area is 208 Å². The number of anilines is 3. The van der Waals surface area contributed by atoms with Gasteiger partial charge >= 0.3 is 0 Å². The molecule has 2 amide bonds. The van der Waals surface area contributed by atoms with Crippen LogP contribution >= 0.6 is 11.6 Å². The van der Waals surface area contributed by atoms with Crippen LogP contribution in [0.1, 0.15) is 31.8 Å². The second-order valence-electron chi connectivity index (χ2n) is 8.16. The standard InChI is InChI=1S/C25H24ClN3O5S/c1-16-6-7-20(14-23(16)28-24(30)18-4-3-5-19(26)13-18)27-25(31)22-9-8-21(12-17(22)2)29-10-11-34-15-35(29,32)33/h3-9,12-14H,10-11,15H2,1-2H3,(H,27,31)(H,28,30). The number of carbonyl (C=O) groups is 2. The molecule has 0 radical (unpaired) electrons. The highest BCUT2D eigenvalue weighted by molar-refractivity contribution is 7.92. The van der Waals surface area contributed by atoms with Crippen LogP contribution in [-0.4, -0.2) is 39.3 Å². The van der Waals surface area contributed by atoms with E-state index < -0.39 is 10.0 Å². The van der Waals surface area contributed by atoms with Crippen LogP contribution in [0.15, 0.2) is 60.7 Å². The fourth-order valence-corrected chi connectivity index (χ4v) is 5.15. The van der Waals surface area contributed by atoms with Gasteiger partial charge in [-0.25, -0.2) is 8.42 Å². The first-order chi connectivity index (χ1) is 16.6. The van der Waals surface area contributed by atoms with E-state index in [1.165, 1.54) is 4.31 Å². The highest BCUT2D eigenvalue weighted by Crippen LogP contribution is 2.26. The van der Waals surface area contributed by atoms with Crippen LogP contribution in [0.3, 0.4) is 0 Å². The van der Waals surface area contributed by atoms with E-state index in [-0.39, 0.29) is 24.3 Å². The number of halogens is 1. The molecule has 35 heavy (non-hydrogen) atoms. The number of hydrogen-bond acceptors (Lipinski definition) is 5. The van der Waals surface area contributed by atoms with Gasteiger partial charge in [0.15, 0.2) is 5.94 Å². The van der Waals surface area contributed by atoms with E-state index in [2.05, 4.69) is 10.6 Å². The lowest BCUT2D eigenvalue weighted by Crippen LogP contribution is -2.41. The predicted octanol–water partition coefficient (Wildman–Crippen LogP) is 4.59. The van der Waals surface area contributed by atoms with Crippen molar-refractivity contribution in [1.82, 2.24) is 0 Å². The Morgan fingerprint density at radius 1 is 0.943 bits per heavy atom. The molecular weight excluding hydrogens is 490 g/mol. The third-order valence-electron chi connectivity index (χ3n) is 5.58. The SMILES string of the molecule is Cc1ccc(NC(=O)c2ccc(N3CCOCS3(=O)=O)cc2C)cc1NC(=O)c1cccc(Cl)c1. The third-order valence-corrected chi connectivity index (χ3v) is 7.34. The average molecular weight is 514 g/mol. The fraction of sp³-hybridized carbons (Fsp3) is 0.200. The summed E-state index contributed by atoms with van der Waals surface area (Å²) < 4.78 is 30.9. The van der Waals surface area contributed by atoms with Crippen LogP contribution in [0.25, 0.3) is 0 Å². The normalized spacial score (nSPS) is 14.9. The Bertz CT molecular complexity index is 1410. The topological polar surface area (TPSA) is 105 Å². The average Bonchev–Trinajstić information content (AvgIpc) is 2.80. The number of rotatable bonds is 5. The summed E-state index contributed by atoms with van der Waals surface area (Å²) in [6.45, 7) is 4.13. The molecule has 3 aromatic rings. The smallest absolute Gasteiger partial charge is 0.259 e. The molecule has 2 N–H and O–H groups in total. The maximum atomic E-state index is 13.0. The molecule has 0 aromatic heterocycles. The van der Waals surface area contributed by atoms with Crippen molar-refractivity contribution in [3.8, 4) is 0 Å². The monoisotopic (exact) mass is 513 g/mol. The van der Waals surface area contributed by atoms with Crippen molar-refractivity contribution < 1.29 is 22.7 Å². The largest absolute Gasteiger partial charge is 0.362 e. The molecule has 1 aliphatic rings. The second-order valence-corrected chi connectivity index (χ2v) is 10.4. The molecule has 182 valence electrons. The van der Waals surface area contributed by atoms with Crippen molar-refractivity contribution in [3.05, 3.63) is 87.9 Å². The number of ether oxygens (including phenoxy) is 1. The lowest BCUT2D eigenvalue weighted by atomic mass is 10.1. The molecule has 1 saturated heterocycles. The van der Waals surface area contributed by atoms with Crippen LogP contribution in [0, 0.1) is 13.8 Å². The van der Waals surface area contributed by atoms with E-state index in [1.807, 2.05) is 6.92 Å². The third kappa shape index (κ3) is 5.64. The highest BCUT2D eigenvalue weighted by Gasteiger charge is 2.27. The van der Waals surface area contributed by atoms with E-state index in [4.69, 9.17) is 16.3 Å². The van der Waals surface area contributed by atoms with E-state index in [0.717, 1.165) is 5.56 Å². The molecule has 3 aromatic carbocycles. The number of nitrogens with zero attached hydrogens (tertiary/aromatic N) is 1. The van der Waals surface area contributed by atoms with Crippen LogP contribution in [0.5, 0.6) is 0 Å². The van der Waals surface area contributed by atoms with Crippen LogP contribution < -0.4 is 14.9 Å². The molecule has 8 nitrogen and oxygen atoms in total. The molecule has 0 saturated carbocycles. The molecule has 0 bridgehead atoms. The van der Waals surface area contributed by atoms with E-state index >= 15 is 0 Å². The van der Waals surface area contributed by atoms with Crippen LogP contribution in [-0.2, 0) is 14.8 Å². The van der Waals surface area contributed by atoms with Crippen molar-refractivity contribution in [2.45, 2.75) is 13.8 Å². The Morgan fingerprint density at radius 3 is 2.46 bits per heavy atom. The number of carbonyl (C=O) groups excluding carboxylic acids is 2. The van der Waals surface area contributed by atoms with Gasteiger partial charge in [0, 0.05) is 27.5 Å². The maximum Gasteiger partial charge on any atom is 0.259 e. The number of amides is 2. The minimum Gasteiger partial charge on any atom is -0.362 e. The number of nitrogens with one attached hydrogen (secondary N) is 2. The van der Waals surface area contributed by atoms with Crippen molar-refractivity contribution in [2.24, 2.45) is 0 Å². The number of sulfonamides is 1. The molecule has 1 heterocycles. The quantitative estimate of drug-likeness (QED) is 0.519. The number of benzene rings is 3. The fourth-order valence-electron chi connectivity index (χ4n) is 3.72. The second kappa shape index (κ2) is 10.1. The van der Waals surface area contributed by atoms with Gasteiger partial charge in [0.05, 0.1) is 18.8 Å². The molecule has 0 aliphatic carbocycles. The minimum absolute atomic E-state index is 0.223. The molecular formula is C25H24ClN3O5S. The van der Waals surface area contributed by atoms with Gasteiger partial charge in [-0.05, 0) is 73.5 Å².